The number of carbonyl (C=O) groups excluding carboxylic acids is 3. The van der Waals surface area contributed by atoms with E-state index in [9.17, 15) is 14.4 Å². The fourth-order valence-electron chi connectivity index (χ4n) is 6.60. The highest BCUT2D eigenvalue weighted by Gasteiger charge is 2.32. The Bertz CT molecular complexity index is 2260. The summed E-state index contributed by atoms with van der Waals surface area (Å²) >= 11 is 3.64. The molecule has 0 radical (unpaired) electrons. The number of rotatable bonds is 11. The van der Waals surface area contributed by atoms with E-state index >= 15 is 0 Å². The maximum absolute atomic E-state index is 13.7. The largest absolute Gasteiger partial charge is 0.366 e. The van der Waals surface area contributed by atoms with Crippen LogP contribution in [0.1, 0.15) is 68.1 Å². The molecule has 1 aliphatic heterocycles. The van der Waals surface area contributed by atoms with Gasteiger partial charge >= 0.3 is 0 Å². The Kier molecular flexibility index (Phi) is 9.89. The van der Waals surface area contributed by atoms with Gasteiger partial charge in [0.05, 0.1) is 27.9 Å². The average molecular weight is 756 g/mol. The van der Waals surface area contributed by atoms with Gasteiger partial charge in [-0.15, -0.1) is 0 Å². The fraction of sp³-hybridized carbons (Fsp3) is 0.351. The van der Waals surface area contributed by atoms with E-state index in [0.717, 1.165) is 44.4 Å². The van der Waals surface area contributed by atoms with Crippen molar-refractivity contribution < 1.29 is 14.4 Å². The van der Waals surface area contributed by atoms with E-state index in [-0.39, 0.29) is 23.8 Å². The topological polar surface area (TPSA) is 158 Å². The number of fused-ring (bicyclic) bond motifs is 2. The number of amides is 3. The van der Waals surface area contributed by atoms with E-state index < -0.39 is 5.91 Å². The SMILES string of the molecule is CCN1C(C(=O)Nc2nc3c(Br)cccc3n2C/C(C)=C(\C)Cn2c(NC(=O)c3cc(C)nn3CC)nc3cc(C(N)=O)ccc32)=CC(C)C1C. The standard InChI is InChI=1S/C37H43BrN10O3/c1-8-45-24(7)20(3)15-30(45)34(50)42-37-41-32-26(38)11-10-12-29(32)47(37)19-22(5)21(4)18-46-28-14-13-25(33(39)49)17-27(28)40-36(46)43-35(51)31-16-23(6)44-48(31)9-2/h10-17,20,24H,8-9,18-19H2,1-7H3,(H2,39,49)(H,40,43,51)(H,41,42,50)/b22-21+. The molecule has 2 atom stereocenters. The van der Waals surface area contributed by atoms with Crippen molar-refractivity contribution >= 4 is 67.6 Å². The summed E-state index contributed by atoms with van der Waals surface area (Å²) in [7, 11) is 0. The molecular formula is C37H43BrN10O3. The van der Waals surface area contributed by atoms with Crippen LogP contribution in [0.15, 0.2) is 69.9 Å². The average Bonchev–Trinajstić information content (AvgIpc) is 3.83. The van der Waals surface area contributed by atoms with Crippen molar-refractivity contribution in [2.45, 2.75) is 74.1 Å². The lowest BCUT2D eigenvalue weighted by Crippen LogP contribution is -2.35. The number of anilines is 2. The van der Waals surface area contributed by atoms with Crippen LogP contribution in [0.2, 0.25) is 0 Å². The van der Waals surface area contributed by atoms with Crippen molar-refractivity contribution in [3.8, 4) is 0 Å². The third-order valence-electron chi connectivity index (χ3n) is 9.72. The second kappa shape index (κ2) is 14.2. The van der Waals surface area contributed by atoms with Crippen molar-refractivity contribution in [1.82, 2.24) is 33.8 Å². The van der Waals surface area contributed by atoms with Gasteiger partial charge in [0.15, 0.2) is 0 Å². The first kappa shape index (κ1) is 35.6. The number of imidazole rings is 2. The van der Waals surface area contributed by atoms with E-state index in [0.29, 0.717) is 54.0 Å². The highest BCUT2D eigenvalue weighted by Crippen LogP contribution is 2.31. The predicted molar refractivity (Wildman–Crippen MR) is 202 cm³/mol. The molecule has 3 aromatic heterocycles. The van der Waals surface area contributed by atoms with Gasteiger partial charge in [0.25, 0.3) is 11.8 Å². The number of para-hydroxylation sites is 1. The molecule has 2 unspecified atom stereocenters. The summed E-state index contributed by atoms with van der Waals surface area (Å²) in [4.78, 5) is 50.9. The number of halogens is 1. The van der Waals surface area contributed by atoms with Crippen LogP contribution in [0.5, 0.6) is 0 Å². The first-order chi connectivity index (χ1) is 24.3. The van der Waals surface area contributed by atoms with Crippen molar-refractivity contribution in [2.75, 3.05) is 17.2 Å². The van der Waals surface area contributed by atoms with Crippen molar-refractivity contribution in [1.29, 1.82) is 0 Å². The second-order valence-electron chi connectivity index (χ2n) is 13.1. The molecule has 51 heavy (non-hydrogen) atoms. The predicted octanol–water partition coefficient (Wildman–Crippen LogP) is 6.24. The van der Waals surface area contributed by atoms with Crippen LogP contribution >= 0.6 is 15.9 Å². The number of primary amides is 1. The Morgan fingerprint density at radius 1 is 0.882 bits per heavy atom. The normalized spacial score (nSPS) is 16.5. The van der Waals surface area contributed by atoms with Gasteiger partial charge in [-0.2, -0.15) is 5.10 Å². The maximum Gasteiger partial charge on any atom is 0.276 e. The lowest BCUT2D eigenvalue weighted by molar-refractivity contribution is -0.114. The first-order valence-corrected chi connectivity index (χ1v) is 17.9. The van der Waals surface area contributed by atoms with E-state index in [4.69, 9.17) is 15.7 Å². The molecule has 4 N–H and O–H groups in total. The van der Waals surface area contributed by atoms with Gasteiger partial charge in [-0.3, -0.25) is 29.7 Å². The van der Waals surface area contributed by atoms with Gasteiger partial charge in [-0.05, 0) is 99.8 Å². The quantitative estimate of drug-likeness (QED) is 0.135. The molecule has 6 rings (SSSR count). The Labute approximate surface area is 304 Å². The third-order valence-corrected chi connectivity index (χ3v) is 10.4. The Morgan fingerprint density at radius 2 is 1.55 bits per heavy atom. The van der Waals surface area contributed by atoms with E-state index in [1.165, 1.54) is 0 Å². The zero-order chi connectivity index (χ0) is 36.7. The summed E-state index contributed by atoms with van der Waals surface area (Å²) in [5.74, 6) is -0.0877. The summed E-state index contributed by atoms with van der Waals surface area (Å²) in [5.41, 5.74) is 12.6. The van der Waals surface area contributed by atoms with Gasteiger partial charge in [-0.1, -0.05) is 30.2 Å². The summed E-state index contributed by atoms with van der Waals surface area (Å²) in [6.45, 7) is 16.2. The number of carbonyl (C=O) groups is 3. The zero-order valence-corrected chi connectivity index (χ0v) is 31.5. The number of nitrogens with zero attached hydrogens (tertiary/aromatic N) is 7. The van der Waals surface area contributed by atoms with Gasteiger partial charge in [0.2, 0.25) is 17.8 Å². The summed E-state index contributed by atoms with van der Waals surface area (Å²) in [6.07, 6.45) is 2.02. The van der Waals surface area contributed by atoms with Gasteiger partial charge in [-0.25, -0.2) is 9.97 Å². The van der Waals surface area contributed by atoms with E-state index in [1.807, 2.05) is 61.1 Å². The summed E-state index contributed by atoms with van der Waals surface area (Å²) in [5, 5.41) is 10.5. The number of likely N-dealkylation sites (N-methyl/N-ethyl adjacent to an activating group) is 1. The molecule has 2 aromatic carbocycles. The molecule has 0 fully saturated rings. The number of nitrogens with one attached hydrogen (secondary N) is 2. The molecule has 3 amide bonds. The fourth-order valence-corrected chi connectivity index (χ4v) is 7.05. The monoisotopic (exact) mass is 754 g/mol. The number of nitrogens with two attached hydrogens (primary N) is 1. The molecule has 1 aliphatic rings. The minimum Gasteiger partial charge on any atom is -0.366 e. The van der Waals surface area contributed by atoms with Crippen LogP contribution in [-0.2, 0) is 24.4 Å². The van der Waals surface area contributed by atoms with Crippen molar-refractivity contribution in [3.05, 3.63) is 86.8 Å². The molecule has 14 heteroatoms. The molecular weight excluding hydrogens is 712 g/mol. The van der Waals surface area contributed by atoms with E-state index in [1.54, 1.807) is 28.9 Å². The summed E-state index contributed by atoms with van der Waals surface area (Å²) < 4.78 is 6.39. The van der Waals surface area contributed by atoms with Gasteiger partial charge in [0.1, 0.15) is 11.2 Å². The molecule has 0 aliphatic carbocycles. The Balaban J connectivity index is 1.36. The van der Waals surface area contributed by atoms with Crippen molar-refractivity contribution in [3.63, 3.8) is 0 Å². The zero-order valence-electron chi connectivity index (χ0n) is 29.9. The van der Waals surface area contributed by atoms with Gasteiger partial charge < -0.3 is 19.8 Å². The molecule has 0 spiro atoms. The number of hydrogen-bond acceptors (Lipinski definition) is 7. The number of hydrogen-bond donors (Lipinski definition) is 3. The smallest absolute Gasteiger partial charge is 0.276 e. The van der Waals surface area contributed by atoms with Crippen LogP contribution in [0.25, 0.3) is 22.1 Å². The molecule has 4 heterocycles. The second-order valence-corrected chi connectivity index (χ2v) is 14.0. The molecule has 266 valence electrons. The van der Waals surface area contributed by atoms with Crippen LogP contribution in [-0.4, -0.2) is 64.1 Å². The Hall–Kier alpha value is -5.24. The molecule has 13 nitrogen and oxygen atoms in total. The lowest BCUT2D eigenvalue weighted by atomic mass is 10.1. The Morgan fingerprint density at radius 3 is 2.22 bits per heavy atom. The van der Waals surface area contributed by atoms with Crippen molar-refractivity contribution in [2.24, 2.45) is 11.7 Å². The van der Waals surface area contributed by atoms with Crippen LogP contribution in [0, 0.1) is 12.8 Å². The molecule has 0 saturated heterocycles. The molecule has 0 saturated carbocycles. The van der Waals surface area contributed by atoms with E-state index in [2.05, 4.69) is 57.3 Å². The minimum atomic E-state index is -0.566. The number of aromatic nitrogens is 6. The van der Waals surface area contributed by atoms with Gasteiger partial charge in [0, 0.05) is 42.3 Å². The van der Waals surface area contributed by atoms with Crippen LogP contribution in [0.4, 0.5) is 11.9 Å². The minimum absolute atomic E-state index is 0.195. The molecule has 0 bridgehead atoms. The van der Waals surface area contributed by atoms with Crippen LogP contribution < -0.4 is 16.4 Å². The maximum atomic E-state index is 13.7. The number of benzene rings is 2. The first-order valence-electron chi connectivity index (χ1n) is 17.1. The number of allylic oxidation sites excluding steroid dienone is 2. The lowest BCUT2D eigenvalue weighted by Gasteiger charge is -2.27. The van der Waals surface area contributed by atoms with Crippen LogP contribution in [0.3, 0.4) is 0 Å². The number of aryl methyl sites for hydroxylation is 2. The molecule has 5 aromatic rings. The highest BCUT2D eigenvalue weighted by atomic mass is 79.9. The highest BCUT2D eigenvalue weighted by molar-refractivity contribution is 9.10. The summed E-state index contributed by atoms with van der Waals surface area (Å²) in [6, 6.07) is 12.9. The third kappa shape index (κ3) is 6.79.